The van der Waals surface area contributed by atoms with Crippen molar-refractivity contribution in [1.82, 2.24) is 20.2 Å². The number of nitrogens with one attached hydrogen (secondary N) is 1. The lowest BCUT2D eigenvalue weighted by atomic mass is 9.99. The molecule has 1 aliphatic rings. The molecule has 0 saturated carbocycles. The van der Waals surface area contributed by atoms with Gasteiger partial charge in [-0.3, -0.25) is 9.78 Å². The highest BCUT2D eigenvalue weighted by molar-refractivity contribution is 5.98. The fourth-order valence-electron chi connectivity index (χ4n) is 4.70. The molecule has 2 N–H and O–H groups in total. The molecule has 40 heavy (non-hydrogen) atoms. The molecule has 0 aliphatic carbocycles. The summed E-state index contributed by atoms with van der Waals surface area (Å²) in [6.07, 6.45) is 4.91. The number of para-hydroxylation sites is 1. The van der Waals surface area contributed by atoms with Crippen LogP contribution < -0.4 is 14.8 Å². The molecule has 206 valence electrons. The van der Waals surface area contributed by atoms with Crippen LogP contribution in [0.5, 0.6) is 17.4 Å². The summed E-state index contributed by atoms with van der Waals surface area (Å²) in [7, 11) is 0. The number of hydrogen-bond donors (Lipinski definition) is 2. The molecule has 8 heteroatoms. The van der Waals surface area contributed by atoms with Crippen LogP contribution in [0.2, 0.25) is 0 Å². The third-order valence-corrected chi connectivity index (χ3v) is 7.09. The summed E-state index contributed by atoms with van der Waals surface area (Å²) in [4.78, 5) is 24.1. The van der Waals surface area contributed by atoms with E-state index in [4.69, 9.17) is 9.47 Å². The van der Waals surface area contributed by atoms with Crippen LogP contribution in [-0.4, -0.2) is 57.7 Å². The summed E-state index contributed by atoms with van der Waals surface area (Å²) >= 11 is 0. The van der Waals surface area contributed by atoms with Crippen molar-refractivity contribution in [3.8, 4) is 28.5 Å². The van der Waals surface area contributed by atoms with E-state index < -0.39 is 0 Å². The molecule has 0 spiro atoms. The first-order chi connectivity index (χ1) is 19.5. The number of nitrogens with zero attached hydrogens (tertiary/aromatic N) is 3. The lowest BCUT2D eigenvalue weighted by Gasteiger charge is -2.36. The van der Waals surface area contributed by atoms with E-state index in [2.05, 4.69) is 22.2 Å². The highest BCUT2D eigenvalue weighted by Crippen LogP contribution is 2.30. The highest BCUT2D eigenvalue weighted by Gasteiger charge is 2.33. The summed E-state index contributed by atoms with van der Waals surface area (Å²) in [6.45, 7) is 5.44. The van der Waals surface area contributed by atoms with Gasteiger partial charge in [-0.1, -0.05) is 43.3 Å². The minimum atomic E-state index is -0.340. The number of pyridine rings is 2. The number of benzene rings is 2. The van der Waals surface area contributed by atoms with E-state index in [-0.39, 0.29) is 30.6 Å². The van der Waals surface area contributed by atoms with Gasteiger partial charge in [0.2, 0.25) is 5.88 Å². The lowest BCUT2D eigenvalue weighted by molar-refractivity contribution is 0.0400. The zero-order valence-electron chi connectivity index (χ0n) is 22.7. The number of aromatic nitrogens is 2. The monoisotopic (exact) mass is 538 g/mol. The molecular weight excluding hydrogens is 504 g/mol. The SMILES string of the molecule is C[C@@H]1CN([C@@H](C)CO)C(=O)c2cc(-c3cccnc3)cnc2O[C@H]1CNCc1ccc(Oc2ccccc2)cc1. The van der Waals surface area contributed by atoms with Crippen LogP contribution in [0.25, 0.3) is 11.1 Å². The van der Waals surface area contributed by atoms with Crippen LogP contribution in [0.1, 0.15) is 29.8 Å². The third-order valence-electron chi connectivity index (χ3n) is 7.09. The van der Waals surface area contributed by atoms with Crippen LogP contribution in [0, 0.1) is 5.92 Å². The molecule has 0 fully saturated rings. The minimum absolute atomic E-state index is 0.0000447. The number of aliphatic hydroxyl groups excluding tert-OH is 1. The molecule has 0 bridgehead atoms. The van der Waals surface area contributed by atoms with Gasteiger partial charge in [0.15, 0.2) is 0 Å². The van der Waals surface area contributed by atoms with Crippen LogP contribution in [0.3, 0.4) is 0 Å². The largest absolute Gasteiger partial charge is 0.472 e. The molecule has 0 radical (unpaired) electrons. The number of ether oxygens (including phenoxy) is 2. The number of fused-ring (bicyclic) bond motifs is 1. The average Bonchev–Trinajstić information content (AvgIpc) is 3.00. The van der Waals surface area contributed by atoms with E-state index in [0.29, 0.717) is 31.1 Å². The van der Waals surface area contributed by atoms with Crippen LogP contribution in [-0.2, 0) is 6.54 Å². The Balaban J connectivity index is 1.30. The summed E-state index contributed by atoms with van der Waals surface area (Å²) in [5.74, 6) is 1.68. The first kappa shape index (κ1) is 27.3. The Morgan fingerprint density at radius 3 is 2.55 bits per heavy atom. The average molecular weight is 539 g/mol. The number of carbonyl (C=O) groups is 1. The quantitative estimate of drug-likeness (QED) is 0.311. The Bertz CT molecular complexity index is 1400. The molecule has 3 atom stereocenters. The number of rotatable bonds is 9. The van der Waals surface area contributed by atoms with E-state index in [1.54, 1.807) is 29.6 Å². The first-order valence-corrected chi connectivity index (χ1v) is 13.5. The normalized spacial score (nSPS) is 17.8. The van der Waals surface area contributed by atoms with Crippen molar-refractivity contribution in [3.63, 3.8) is 0 Å². The molecule has 4 aromatic rings. The predicted octanol–water partition coefficient (Wildman–Crippen LogP) is 4.95. The molecular formula is C32H34N4O4. The highest BCUT2D eigenvalue weighted by atomic mass is 16.5. The van der Waals surface area contributed by atoms with Gasteiger partial charge < -0.3 is 24.8 Å². The zero-order chi connectivity index (χ0) is 27.9. The summed E-state index contributed by atoms with van der Waals surface area (Å²) in [5, 5.41) is 13.4. The van der Waals surface area contributed by atoms with Crippen molar-refractivity contribution in [3.05, 3.63) is 103 Å². The molecule has 0 unspecified atom stereocenters. The van der Waals surface area contributed by atoms with E-state index in [9.17, 15) is 9.90 Å². The number of hydrogen-bond acceptors (Lipinski definition) is 7. The Hall–Kier alpha value is -4.27. The molecule has 1 amide bonds. The van der Waals surface area contributed by atoms with Crippen molar-refractivity contribution in [1.29, 1.82) is 0 Å². The number of carbonyl (C=O) groups excluding carboxylic acids is 1. The van der Waals surface area contributed by atoms with Crippen LogP contribution in [0.4, 0.5) is 0 Å². The second-order valence-corrected chi connectivity index (χ2v) is 10.1. The fraction of sp³-hybridized carbons (Fsp3) is 0.281. The van der Waals surface area contributed by atoms with Crippen molar-refractivity contribution < 1.29 is 19.4 Å². The zero-order valence-corrected chi connectivity index (χ0v) is 22.7. The Kier molecular flexibility index (Phi) is 8.68. The Morgan fingerprint density at radius 1 is 1.05 bits per heavy atom. The van der Waals surface area contributed by atoms with Crippen molar-refractivity contribution in [2.75, 3.05) is 19.7 Å². The number of aliphatic hydroxyl groups is 1. The standard InChI is InChI=1S/C32H34N4O4/c1-22-20-36(23(2)21-37)32(38)29-15-26(25-7-6-14-33-17-25)18-35-31(29)40-30(22)19-34-16-24-10-12-28(13-11-24)39-27-8-4-3-5-9-27/h3-15,17-18,22-23,30,34,37H,16,19-21H2,1-2H3/t22-,23+,30+/m1/s1. The lowest BCUT2D eigenvalue weighted by Crippen LogP contribution is -2.49. The van der Waals surface area contributed by atoms with Gasteiger partial charge in [0.1, 0.15) is 23.2 Å². The summed E-state index contributed by atoms with van der Waals surface area (Å²) < 4.78 is 12.3. The van der Waals surface area contributed by atoms with Gasteiger partial charge in [0.05, 0.1) is 12.6 Å². The molecule has 1 aliphatic heterocycles. The molecule has 2 aromatic carbocycles. The van der Waals surface area contributed by atoms with Gasteiger partial charge in [-0.05, 0) is 48.9 Å². The topological polar surface area (TPSA) is 96.8 Å². The van der Waals surface area contributed by atoms with E-state index >= 15 is 0 Å². The molecule has 2 aromatic heterocycles. The van der Waals surface area contributed by atoms with Gasteiger partial charge in [0, 0.05) is 55.3 Å². The molecule has 5 rings (SSSR count). The van der Waals surface area contributed by atoms with Crippen molar-refractivity contribution in [2.45, 2.75) is 32.5 Å². The molecule has 3 heterocycles. The summed E-state index contributed by atoms with van der Waals surface area (Å²) in [6, 6.07) is 22.9. The van der Waals surface area contributed by atoms with Gasteiger partial charge in [-0.2, -0.15) is 0 Å². The Morgan fingerprint density at radius 2 is 1.82 bits per heavy atom. The molecule has 8 nitrogen and oxygen atoms in total. The smallest absolute Gasteiger partial charge is 0.259 e. The van der Waals surface area contributed by atoms with E-state index in [1.807, 2.05) is 73.7 Å². The van der Waals surface area contributed by atoms with Crippen LogP contribution >= 0.6 is 0 Å². The van der Waals surface area contributed by atoms with Gasteiger partial charge in [-0.15, -0.1) is 0 Å². The minimum Gasteiger partial charge on any atom is -0.472 e. The van der Waals surface area contributed by atoms with Gasteiger partial charge >= 0.3 is 0 Å². The van der Waals surface area contributed by atoms with Crippen molar-refractivity contribution in [2.24, 2.45) is 5.92 Å². The maximum Gasteiger partial charge on any atom is 0.259 e. The summed E-state index contributed by atoms with van der Waals surface area (Å²) in [5.41, 5.74) is 3.14. The second-order valence-electron chi connectivity index (χ2n) is 10.1. The molecule has 0 saturated heterocycles. The maximum atomic E-state index is 13.6. The maximum absolute atomic E-state index is 13.6. The second kappa shape index (κ2) is 12.7. The predicted molar refractivity (Wildman–Crippen MR) is 153 cm³/mol. The van der Waals surface area contributed by atoms with E-state index in [1.165, 1.54) is 0 Å². The van der Waals surface area contributed by atoms with Crippen molar-refractivity contribution >= 4 is 5.91 Å². The number of amides is 1. The Labute approximate surface area is 234 Å². The van der Waals surface area contributed by atoms with Gasteiger partial charge in [-0.25, -0.2) is 4.98 Å². The third kappa shape index (κ3) is 6.47. The van der Waals surface area contributed by atoms with Gasteiger partial charge in [0.25, 0.3) is 5.91 Å². The first-order valence-electron chi connectivity index (χ1n) is 13.5. The van der Waals surface area contributed by atoms with Crippen LogP contribution in [0.15, 0.2) is 91.4 Å². The van der Waals surface area contributed by atoms with E-state index in [0.717, 1.165) is 28.2 Å². The fourth-order valence-corrected chi connectivity index (χ4v) is 4.70.